The monoisotopic (exact) mass is 227 g/mol. The Labute approximate surface area is 98.8 Å². The number of rotatable bonds is 6. The van der Waals surface area contributed by atoms with Gasteiger partial charge in [-0.3, -0.25) is 4.79 Å². The predicted molar refractivity (Wildman–Crippen MR) is 65.6 cm³/mol. The van der Waals surface area contributed by atoms with Crippen molar-refractivity contribution in [3.63, 3.8) is 0 Å². The molecule has 0 atom stereocenters. The summed E-state index contributed by atoms with van der Waals surface area (Å²) in [5.74, 6) is -0.669. The number of aliphatic carboxylic acids is 1. The van der Waals surface area contributed by atoms with E-state index < -0.39 is 5.97 Å². The van der Waals surface area contributed by atoms with Crippen LogP contribution in [0.2, 0.25) is 0 Å². The molecule has 1 aliphatic carbocycles. The summed E-state index contributed by atoms with van der Waals surface area (Å²) >= 11 is 0. The minimum absolute atomic E-state index is 0.318. The van der Waals surface area contributed by atoms with E-state index >= 15 is 0 Å². The first-order valence-electron chi connectivity index (χ1n) is 6.62. The zero-order chi connectivity index (χ0) is 11.8. The number of nitrogens with zero attached hydrogens (tertiary/aromatic N) is 1. The van der Waals surface area contributed by atoms with Crippen molar-refractivity contribution in [3.8, 4) is 0 Å². The highest BCUT2D eigenvalue weighted by Crippen LogP contribution is 2.21. The smallest absolute Gasteiger partial charge is 0.303 e. The summed E-state index contributed by atoms with van der Waals surface area (Å²) in [7, 11) is 2.19. The van der Waals surface area contributed by atoms with Gasteiger partial charge in [-0.2, -0.15) is 0 Å². The third kappa shape index (κ3) is 5.50. The molecular formula is C13H25NO2. The standard InChI is InChI=1S/C13H25NO2/c1-14(11-7-6-10-13(15)16)12-8-4-2-3-5-9-12/h12H,2-11H2,1H3,(H,15,16). The normalized spacial score (nSPS) is 18.6. The Hall–Kier alpha value is -0.570. The molecule has 3 heteroatoms. The van der Waals surface area contributed by atoms with Gasteiger partial charge < -0.3 is 10.0 Å². The highest BCUT2D eigenvalue weighted by Gasteiger charge is 2.16. The minimum atomic E-state index is -0.669. The first-order chi connectivity index (χ1) is 7.70. The zero-order valence-electron chi connectivity index (χ0n) is 10.5. The third-order valence-corrected chi connectivity index (χ3v) is 3.60. The van der Waals surface area contributed by atoms with Crippen LogP contribution < -0.4 is 0 Å². The Morgan fingerprint density at radius 2 is 1.81 bits per heavy atom. The molecule has 0 amide bonds. The summed E-state index contributed by atoms with van der Waals surface area (Å²) in [5.41, 5.74) is 0. The second-order valence-corrected chi connectivity index (χ2v) is 4.98. The number of carboxylic acid groups (broad SMARTS) is 1. The lowest BCUT2D eigenvalue weighted by Gasteiger charge is -2.26. The van der Waals surface area contributed by atoms with Crippen LogP contribution in [0.3, 0.4) is 0 Å². The highest BCUT2D eigenvalue weighted by molar-refractivity contribution is 5.66. The molecule has 0 spiro atoms. The fourth-order valence-corrected chi connectivity index (χ4v) is 2.52. The van der Waals surface area contributed by atoms with Crippen LogP contribution in [0.5, 0.6) is 0 Å². The molecule has 1 fully saturated rings. The van der Waals surface area contributed by atoms with E-state index in [1.807, 2.05) is 0 Å². The summed E-state index contributed by atoms with van der Waals surface area (Å²) in [6, 6.07) is 0.743. The molecule has 0 radical (unpaired) electrons. The van der Waals surface area contributed by atoms with Crippen LogP contribution in [0.25, 0.3) is 0 Å². The Balaban J connectivity index is 2.12. The van der Waals surface area contributed by atoms with Crippen molar-refractivity contribution in [2.24, 2.45) is 0 Å². The molecule has 1 aliphatic rings. The van der Waals surface area contributed by atoms with E-state index in [1.54, 1.807) is 0 Å². The van der Waals surface area contributed by atoms with Gasteiger partial charge in [0.05, 0.1) is 0 Å². The molecule has 0 aromatic carbocycles. The van der Waals surface area contributed by atoms with Crippen molar-refractivity contribution >= 4 is 5.97 Å². The van der Waals surface area contributed by atoms with Crippen LogP contribution in [-0.2, 0) is 4.79 Å². The Morgan fingerprint density at radius 3 is 2.38 bits per heavy atom. The van der Waals surface area contributed by atoms with Crippen molar-refractivity contribution in [1.29, 1.82) is 0 Å². The zero-order valence-corrected chi connectivity index (χ0v) is 10.5. The molecule has 0 heterocycles. The highest BCUT2D eigenvalue weighted by atomic mass is 16.4. The topological polar surface area (TPSA) is 40.5 Å². The molecule has 0 aromatic heterocycles. The summed E-state index contributed by atoms with van der Waals surface area (Å²) < 4.78 is 0. The lowest BCUT2D eigenvalue weighted by atomic mass is 10.1. The molecular weight excluding hydrogens is 202 g/mol. The van der Waals surface area contributed by atoms with Gasteiger partial charge in [0.25, 0.3) is 0 Å². The fourth-order valence-electron chi connectivity index (χ4n) is 2.52. The van der Waals surface area contributed by atoms with E-state index in [9.17, 15) is 4.79 Å². The molecule has 1 saturated carbocycles. The van der Waals surface area contributed by atoms with Gasteiger partial charge in [-0.1, -0.05) is 25.7 Å². The molecule has 0 bridgehead atoms. The molecule has 0 saturated heterocycles. The quantitative estimate of drug-likeness (QED) is 0.560. The van der Waals surface area contributed by atoms with Crippen LogP contribution in [0.15, 0.2) is 0 Å². The van der Waals surface area contributed by atoms with Crippen molar-refractivity contribution in [3.05, 3.63) is 0 Å². The van der Waals surface area contributed by atoms with Gasteiger partial charge in [-0.25, -0.2) is 0 Å². The van der Waals surface area contributed by atoms with Crippen LogP contribution in [-0.4, -0.2) is 35.6 Å². The van der Waals surface area contributed by atoms with Crippen LogP contribution in [0.4, 0.5) is 0 Å². The molecule has 1 rings (SSSR count). The van der Waals surface area contributed by atoms with E-state index in [0.29, 0.717) is 6.42 Å². The van der Waals surface area contributed by atoms with Crippen LogP contribution >= 0.6 is 0 Å². The average Bonchev–Trinajstić information content (AvgIpc) is 2.52. The minimum Gasteiger partial charge on any atom is -0.481 e. The SMILES string of the molecule is CN(CCCCC(=O)O)C1CCCCCC1. The molecule has 0 aromatic rings. The van der Waals surface area contributed by atoms with E-state index in [-0.39, 0.29) is 0 Å². The van der Waals surface area contributed by atoms with Crippen molar-refractivity contribution in [1.82, 2.24) is 4.90 Å². The maximum atomic E-state index is 10.4. The molecule has 3 nitrogen and oxygen atoms in total. The second-order valence-electron chi connectivity index (χ2n) is 4.98. The van der Waals surface area contributed by atoms with Crippen molar-refractivity contribution < 1.29 is 9.90 Å². The largest absolute Gasteiger partial charge is 0.481 e. The lowest BCUT2D eigenvalue weighted by Crippen LogP contribution is -2.32. The summed E-state index contributed by atoms with van der Waals surface area (Å²) in [5, 5.41) is 8.55. The Bertz CT molecular complexity index is 198. The van der Waals surface area contributed by atoms with E-state index in [4.69, 9.17) is 5.11 Å². The number of unbranched alkanes of at least 4 members (excludes halogenated alkanes) is 1. The summed E-state index contributed by atoms with van der Waals surface area (Å²) in [6.07, 6.45) is 10.3. The van der Waals surface area contributed by atoms with Crippen LogP contribution in [0.1, 0.15) is 57.8 Å². The maximum absolute atomic E-state index is 10.4. The fraction of sp³-hybridized carbons (Fsp3) is 0.923. The van der Waals surface area contributed by atoms with E-state index in [1.165, 1.54) is 38.5 Å². The van der Waals surface area contributed by atoms with Gasteiger partial charge in [0.2, 0.25) is 0 Å². The van der Waals surface area contributed by atoms with Crippen molar-refractivity contribution in [2.45, 2.75) is 63.8 Å². The average molecular weight is 227 g/mol. The Morgan fingerprint density at radius 1 is 1.19 bits per heavy atom. The predicted octanol–water partition coefficient (Wildman–Crippen LogP) is 2.90. The first kappa shape index (κ1) is 13.5. The molecule has 16 heavy (non-hydrogen) atoms. The summed E-state index contributed by atoms with van der Waals surface area (Å²) in [4.78, 5) is 12.8. The van der Waals surface area contributed by atoms with Gasteiger partial charge in [0.1, 0.15) is 0 Å². The van der Waals surface area contributed by atoms with Gasteiger partial charge >= 0.3 is 5.97 Å². The van der Waals surface area contributed by atoms with Crippen LogP contribution in [0, 0.1) is 0 Å². The summed E-state index contributed by atoms with van der Waals surface area (Å²) in [6.45, 7) is 1.05. The number of carboxylic acids is 1. The van der Waals surface area contributed by atoms with Gasteiger partial charge in [-0.05, 0) is 39.3 Å². The molecule has 0 aliphatic heterocycles. The third-order valence-electron chi connectivity index (χ3n) is 3.60. The Kier molecular flexibility index (Phi) is 6.46. The van der Waals surface area contributed by atoms with E-state index in [2.05, 4.69) is 11.9 Å². The first-order valence-corrected chi connectivity index (χ1v) is 6.62. The molecule has 94 valence electrons. The van der Waals surface area contributed by atoms with E-state index in [0.717, 1.165) is 25.4 Å². The van der Waals surface area contributed by atoms with Crippen molar-refractivity contribution in [2.75, 3.05) is 13.6 Å². The van der Waals surface area contributed by atoms with Gasteiger partial charge in [-0.15, -0.1) is 0 Å². The van der Waals surface area contributed by atoms with Gasteiger partial charge in [0.15, 0.2) is 0 Å². The van der Waals surface area contributed by atoms with Gasteiger partial charge in [0, 0.05) is 12.5 Å². The molecule has 0 unspecified atom stereocenters. The number of hydrogen-bond acceptors (Lipinski definition) is 2. The number of hydrogen-bond donors (Lipinski definition) is 1. The second kappa shape index (κ2) is 7.66. The number of carbonyl (C=O) groups is 1. The molecule has 1 N–H and O–H groups in total. The lowest BCUT2D eigenvalue weighted by molar-refractivity contribution is -0.137. The maximum Gasteiger partial charge on any atom is 0.303 e.